The molecule has 0 aliphatic carbocycles. The summed E-state index contributed by atoms with van der Waals surface area (Å²) >= 11 is 1.29. The molecule has 0 aliphatic rings. The predicted molar refractivity (Wildman–Crippen MR) is 50.8 cm³/mol. The maximum atomic E-state index is 11.2. The van der Waals surface area contributed by atoms with Gasteiger partial charge in [0, 0.05) is 6.54 Å². The van der Waals surface area contributed by atoms with E-state index in [4.69, 9.17) is 0 Å². The molecule has 0 fully saturated rings. The number of thiazole rings is 1. The Hall–Kier alpha value is -1.14. The van der Waals surface area contributed by atoms with Gasteiger partial charge in [-0.3, -0.25) is 9.63 Å². The van der Waals surface area contributed by atoms with Crippen LogP contribution >= 0.6 is 11.3 Å². The predicted octanol–water partition coefficient (Wildman–Crippen LogP) is 0.866. The molecule has 0 saturated carbocycles. The first-order valence-electron chi connectivity index (χ1n) is 3.81. The molecule has 0 unspecified atom stereocenters. The van der Waals surface area contributed by atoms with Gasteiger partial charge in [-0.15, -0.1) is 0 Å². The highest BCUT2D eigenvalue weighted by Gasteiger charge is 2.08. The molecule has 0 bridgehead atoms. The molecule has 1 rings (SSSR count). The second-order valence-electron chi connectivity index (χ2n) is 2.20. The highest BCUT2D eigenvalue weighted by molar-refractivity contribution is 7.17. The third-order valence-electron chi connectivity index (χ3n) is 1.25. The number of rotatable bonds is 4. The Morgan fingerprint density at radius 3 is 3.15 bits per heavy atom. The molecule has 0 spiro atoms. The standard InChI is InChI=1S/C7H11N3O2S/c1-3-8-7-9-4-5(13-7)6(11)10-12-2/h4H,3H2,1-2H3,(H,8,9)(H,10,11). The van der Waals surface area contributed by atoms with Gasteiger partial charge in [-0.25, -0.2) is 10.5 Å². The zero-order valence-corrected chi connectivity index (χ0v) is 8.27. The highest BCUT2D eigenvalue weighted by atomic mass is 32.1. The van der Waals surface area contributed by atoms with E-state index in [1.54, 1.807) is 0 Å². The number of nitrogens with zero attached hydrogens (tertiary/aromatic N) is 1. The second kappa shape index (κ2) is 4.78. The Balaban J connectivity index is 2.62. The molecule has 1 amide bonds. The molecular formula is C7H11N3O2S. The lowest BCUT2D eigenvalue weighted by Crippen LogP contribution is -2.20. The Bertz CT molecular complexity index is 287. The van der Waals surface area contributed by atoms with Crippen LogP contribution in [0.1, 0.15) is 16.6 Å². The summed E-state index contributed by atoms with van der Waals surface area (Å²) in [4.78, 5) is 20.2. The minimum absolute atomic E-state index is 0.274. The van der Waals surface area contributed by atoms with E-state index in [1.807, 2.05) is 6.92 Å². The fourth-order valence-corrected chi connectivity index (χ4v) is 1.53. The van der Waals surface area contributed by atoms with Crippen molar-refractivity contribution in [3.63, 3.8) is 0 Å². The lowest BCUT2D eigenvalue weighted by molar-refractivity contribution is 0.0542. The quantitative estimate of drug-likeness (QED) is 0.709. The number of carbonyl (C=O) groups is 1. The molecule has 1 heterocycles. The van der Waals surface area contributed by atoms with E-state index in [0.29, 0.717) is 4.88 Å². The van der Waals surface area contributed by atoms with Crippen molar-refractivity contribution in [2.24, 2.45) is 0 Å². The van der Waals surface area contributed by atoms with Gasteiger partial charge in [-0.1, -0.05) is 11.3 Å². The van der Waals surface area contributed by atoms with Gasteiger partial charge in [0.1, 0.15) is 4.88 Å². The van der Waals surface area contributed by atoms with Gasteiger partial charge in [-0.05, 0) is 6.92 Å². The average molecular weight is 201 g/mol. The monoisotopic (exact) mass is 201 g/mol. The number of amides is 1. The van der Waals surface area contributed by atoms with E-state index < -0.39 is 0 Å². The molecule has 0 aromatic carbocycles. The molecule has 13 heavy (non-hydrogen) atoms. The van der Waals surface area contributed by atoms with Gasteiger partial charge in [-0.2, -0.15) is 0 Å². The fraction of sp³-hybridized carbons (Fsp3) is 0.429. The molecule has 6 heteroatoms. The number of nitrogens with one attached hydrogen (secondary N) is 2. The lowest BCUT2D eigenvalue weighted by Gasteiger charge is -1.96. The number of hydrogen-bond acceptors (Lipinski definition) is 5. The molecular weight excluding hydrogens is 190 g/mol. The second-order valence-corrected chi connectivity index (χ2v) is 3.23. The van der Waals surface area contributed by atoms with Crippen LogP contribution in [-0.4, -0.2) is 24.5 Å². The van der Waals surface area contributed by atoms with Crippen LogP contribution in [0.5, 0.6) is 0 Å². The van der Waals surface area contributed by atoms with Crippen molar-refractivity contribution in [3.8, 4) is 0 Å². The first-order valence-corrected chi connectivity index (χ1v) is 4.62. The van der Waals surface area contributed by atoms with Gasteiger partial charge < -0.3 is 5.32 Å². The minimum atomic E-state index is -0.274. The molecule has 0 aliphatic heterocycles. The highest BCUT2D eigenvalue weighted by Crippen LogP contribution is 2.17. The summed E-state index contributed by atoms with van der Waals surface area (Å²) in [6.45, 7) is 2.76. The van der Waals surface area contributed by atoms with Crippen LogP contribution in [0.4, 0.5) is 5.13 Å². The van der Waals surface area contributed by atoms with E-state index in [-0.39, 0.29) is 5.91 Å². The van der Waals surface area contributed by atoms with E-state index in [9.17, 15) is 4.79 Å². The smallest absolute Gasteiger partial charge is 0.286 e. The summed E-state index contributed by atoms with van der Waals surface area (Å²) < 4.78 is 0. The first kappa shape index (κ1) is 9.94. The Labute approximate surface area is 80.1 Å². The summed E-state index contributed by atoms with van der Waals surface area (Å²) in [6.07, 6.45) is 1.51. The molecule has 0 radical (unpaired) electrons. The Morgan fingerprint density at radius 2 is 2.54 bits per heavy atom. The van der Waals surface area contributed by atoms with Crippen molar-refractivity contribution < 1.29 is 9.63 Å². The number of hydrogen-bond donors (Lipinski definition) is 2. The van der Waals surface area contributed by atoms with Crippen molar-refractivity contribution in [3.05, 3.63) is 11.1 Å². The third-order valence-corrected chi connectivity index (χ3v) is 2.21. The van der Waals surface area contributed by atoms with Crippen LogP contribution in [0.2, 0.25) is 0 Å². The van der Waals surface area contributed by atoms with Crippen LogP contribution in [0.15, 0.2) is 6.20 Å². The zero-order valence-electron chi connectivity index (χ0n) is 7.46. The zero-order chi connectivity index (χ0) is 9.68. The van der Waals surface area contributed by atoms with Gasteiger partial charge >= 0.3 is 0 Å². The molecule has 0 saturated heterocycles. The van der Waals surface area contributed by atoms with Crippen molar-refractivity contribution >= 4 is 22.4 Å². The first-order chi connectivity index (χ1) is 6.27. The van der Waals surface area contributed by atoms with E-state index in [1.165, 1.54) is 24.6 Å². The van der Waals surface area contributed by atoms with Crippen LogP contribution in [0, 0.1) is 0 Å². The van der Waals surface area contributed by atoms with Crippen molar-refractivity contribution in [1.82, 2.24) is 10.5 Å². The minimum Gasteiger partial charge on any atom is -0.362 e. The number of carbonyl (C=O) groups excluding carboxylic acids is 1. The van der Waals surface area contributed by atoms with Crippen LogP contribution in [0.3, 0.4) is 0 Å². The van der Waals surface area contributed by atoms with Gasteiger partial charge in [0.15, 0.2) is 5.13 Å². The molecule has 2 N–H and O–H groups in total. The Morgan fingerprint density at radius 1 is 1.77 bits per heavy atom. The molecule has 0 atom stereocenters. The molecule has 1 aromatic rings. The molecule has 72 valence electrons. The number of anilines is 1. The van der Waals surface area contributed by atoms with Crippen molar-refractivity contribution in [2.75, 3.05) is 19.0 Å². The SMILES string of the molecule is CCNc1ncc(C(=O)NOC)s1. The normalized spacial score (nSPS) is 9.69. The summed E-state index contributed by atoms with van der Waals surface area (Å²) in [7, 11) is 1.39. The van der Waals surface area contributed by atoms with E-state index in [0.717, 1.165) is 11.7 Å². The summed E-state index contributed by atoms with van der Waals surface area (Å²) in [6, 6.07) is 0. The number of hydroxylamine groups is 1. The molecule has 1 aromatic heterocycles. The van der Waals surface area contributed by atoms with Crippen molar-refractivity contribution in [2.45, 2.75) is 6.92 Å². The summed E-state index contributed by atoms with van der Waals surface area (Å²) in [5, 5.41) is 3.75. The Kier molecular flexibility index (Phi) is 3.66. The van der Waals surface area contributed by atoms with Crippen LogP contribution < -0.4 is 10.8 Å². The maximum Gasteiger partial charge on any atom is 0.286 e. The maximum absolute atomic E-state index is 11.2. The van der Waals surface area contributed by atoms with Crippen LogP contribution in [0.25, 0.3) is 0 Å². The van der Waals surface area contributed by atoms with Gasteiger partial charge in [0.05, 0.1) is 13.3 Å². The van der Waals surface area contributed by atoms with Crippen molar-refractivity contribution in [1.29, 1.82) is 0 Å². The number of aromatic nitrogens is 1. The lowest BCUT2D eigenvalue weighted by atomic mass is 10.5. The third kappa shape index (κ3) is 2.67. The fourth-order valence-electron chi connectivity index (χ4n) is 0.755. The molecule has 5 nitrogen and oxygen atoms in total. The van der Waals surface area contributed by atoms with E-state index >= 15 is 0 Å². The van der Waals surface area contributed by atoms with Gasteiger partial charge in [0.2, 0.25) is 0 Å². The van der Waals surface area contributed by atoms with Crippen LogP contribution in [-0.2, 0) is 4.84 Å². The summed E-state index contributed by atoms with van der Waals surface area (Å²) in [5.41, 5.74) is 2.22. The van der Waals surface area contributed by atoms with Gasteiger partial charge in [0.25, 0.3) is 5.91 Å². The van der Waals surface area contributed by atoms with E-state index in [2.05, 4.69) is 20.6 Å². The summed E-state index contributed by atoms with van der Waals surface area (Å²) in [5.74, 6) is -0.274. The average Bonchev–Trinajstić information content (AvgIpc) is 2.54. The topological polar surface area (TPSA) is 63.2 Å². The largest absolute Gasteiger partial charge is 0.362 e.